The van der Waals surface area contributed by atoms with Crippen LogP contribution >= 0.6 is 11.6 Å². The Morgan fingerprint density at radius 3 is 2.72 bits per heavy atom. The molecule has 0 aliphatic rings. The van der Waals surface area contributed by atoms with Gasteiger partial charge in [0.2, 0.25) is 0 Å². The second kappa shape index (κ2) is 6.20. The van der Waals surface area contributed by atoms with Gasteiger partial charge in [-0.1, -0.05) is 11.6 Å². The molecule has 7 heteroatoms. The van der Waals surface area contributed by atoms with Crippen LogP contribution in [0.15, 0.2) is 18.2 Å². The summed E-state index contributed by atoms with van der Waals surface area (Å²) in [6.45, 7) is -0.752. The molecule has 0 radical (unpaired) electrons. The number of hydrogen-bond donors (Lipinski definition) is 1. The maximum Gasteiger partial charge on any atom is 0.323 e. The molecule has 1 N–H and O–H groups in total. The molecule has 0 bridgehead atoms. The molecule has 98 valence electrons. The van der Waals surface area contributed by atoms with E-state index in [1.165, 1.54) is 19.2 Å². The smallest absolute Gasteiger partial charge is 0.323 e. The fraction of sp³-hybridized carbons (Fsp3) is 0.273. The first kappa shape index (κ1) is 14.2. The molecule has 0 unspecified atom stereocenters. The van der Waals surface area contributed by atoms with Gasteiger partial charge in [0.15, 0.2) is 6.61 Å². The Morgan fingerprint density at radius 1 is 1.50 bits per heavy atom. The van der Waals surface area contributed by atoms with Crippen molar-refractivity contribution in [3.05, 3.63) is 29.0 Å². The molecular formula is C11H11ClFNO4. The van der Waals surface area contributed by atoms with Crippen LogP contribution < -0.4 is 4.74 Å². The first-order valence-electron chi connectivity index (χ1n) is 4.93. The molecule has 1 rings (SSSR count). The van der Waals surface area contributed by atoms with Gasteiger partial charge in [-0.15, -0.1) is 0 Å². The predicted molar refractivity (Wildman–Crippen MR) is 62.2 cm³/mol. The van der Waals surface area contributed by atoms with Gasteiger partial charge < -0.3 is 14.7 Å². The number of ether oxygens (including phenoxy) is 1. The third-order valence-electron chi connectivity index (χ3n) is 2.05. The van der Waals surface area contributed by atoms with Crippen LogP contribution in [0.1, 0.15) is 0 Å². The average Bonchev–Trinajstić information content (AvgIpc) is 2.29. The van der Waals surface area contributed by atoms with Gasteiger partial charge >= 0.3 is 5.97 Å². The Kier molecular flexibility index (Phi) is 4.91. The number of amides is 1. The number of nitrogens with zero attached hydrogens (tertiary/aromatic N) is 1. The van der Waals surface area contributed by atoms with Crippen molar-refractivity contribution in [2.24, 2.45) is 0 Å². The number of likely N-dealkylation sites (N-methyl/N-ethyl adjacent to an activating group) is 1. The molecule has 1 aromatic rings. The number of rotatable bonds is 5. The van der Waals surface area contributed by atoms with Gasteiger partial charge in [0.05, 0.1) is 5.02 Å². The van der Waals surface area contributed by atoms with E-state index in [0.29, 0.717) is 0 Å². The van der Waals surface area contributed by atoms with Gasteiger partial charge in [-0.2, -0.15) is 0 Å². The van der Waals surface area contributed by atoms with E-state index in [2.05, 4.69) is 0 Å². The summed E-state index contributed by atoms with van der Waals surface area (Å²) in [5.41, 5.74) is 0. The van der Waals surface area contributed by atoms with Crippen LogP contribution in [-0.4, -0.2) is 42.1 Å². The minimum absolute atomic E-state index is 0.112. The zero-order valence-electron chi connectivity index (χ0n) is 9.52. The molecule has 1 aromatic carbocycles. The highest BCUT2D eigenvalue weighted by Crippen LogP contribution is 2.20. The lowest BCUT2D eigenvalue weighted by atomic mass is 10.3. The summed E-state index contributed by atoms with van der Waals surface area (Å²) in [4.78, 5) is 22.8. The summed E-state index contributed by atoms with van der Waals surface area (Å²) in [5, 5.41) is 8.38. The number of aliphatic carboxylic acids is 1. The summed E-state index contributed by atoms with van der Waals surface area (Å²) in [6, 6.07) is 3.68. The molecule has 0 atom stereocenters. The van der Waals surface area contributed by atoms with Gasteiger partial charge in [0.25, 0.3) is 5.91 Å². The van der Waals surface area contributed by atoms with Crippen LogP contribution in [0.5, 0.6) is 5.75 Å². The van der Waals surface area contributed by atoms with Crippen LogP contribution in [0.25, 0.3) is 0 Å². The quantitative estimate of drug-likeness (QED) is 0.882. The van der Waals surface area contributed by atoms with Crippen LogP contribution in [0.2, 0.25) is 5.02 Å². The Labute approximate surface area is 108 Å². The van der Waals surface area contributed by atoms with Crippen molar-refractivity contribution in [2.45, 2.75) is 0 Å². The lowest BCUT2D eigenvalue weighted by Gasteiger charge is -2.14. The zero-order chi connectivity index (χ0) is 13.7. The SMILES string of the molecule is CN(CC(=O)O)C(=O)COc1ccc(F)c(Cl)c1. The predicted octanol–water partition coefficient (Wildman–Crippen LogP) is 1.40. The lowest BCUT2D eigenvalue weighted by molar-refractivity contribution is -0.144. The maximum atomic E-state index is 12.8. The van der Waals surface area contributed by atoms with Crippen LogP contribution in [-0.2, 0) is 9.59 Å². The molecule has 0 heterocycles. The molecule has 0 aliphatic carbocycles. The molecule has 0 aromatic heterocycles. The number of carbonyl (C=O) groups excluding carboxylic acids is 1. The third-order valence-corrected chi connectivity index (χ3v) is 2.34. The Hall–Kier alpha value is -1.82. The van der Waals surface area contributed by atoms with Gasteiger partial charge in [0, 0.05) is 13.1 Å². The van der Waals surface area contributed by atoms with E-state index in [1.54, 1.807) is 0 Å². The molecule has 0 spiro atoms. The van der Waals surface area contributed by atoms with E-state index in [0.717, 1.165) is 11.0 Å². The number of carbonyl (C=O) groups is 2. The number of hydrogen-bond acceptors (Lipinski definition) is 3. The Balaban J connectivity index is 2.52. The van der Waals surface area contributed by atoms with Crippen molar-refractivity contribution in [1.29, 1.82) is 0 Å². The fourth-order valence-corrected chi connectivity index (χ4v) is 1.28. The highest BCUT2D eigenvalue weighted by Gasteiger charge is 2.12. The number of carboxylic acids is 1. The second-order valence-electron chi connectivity index (χ2n) is 3.51. The first-order valence-corrected chi connectivity index (χ1v) is 5.31. The third kappa shape index (κ3) is 4.21. The van der Waals surface area contributed by atoms with E-state index in [9.17, 15) is 14.0 Å². The molecule has 1 amide bonds. The molecule has 18 heavy (non-hydrogen) atoms. The van der Waals surface area contributed by atoms with Gasteiger partial charge in [-0.05, 0) is 12.1 Å². The molecular weight excluding hydrogens is 265 g/mol. The first-order chi connectivity index (χ1) is 8.40. The normalized spacial score (nSPS) is 9.94. The van der Waals surface area contributed by atoms with Crippen LogP contribution in [0.3, 0.4) is 0 Å². The second-order valence-corrected chi connectivity index (χ2v) is 3.92. The topological polar surface area (TPSA) is 66.8 Å². The van der Waals surface area contributed by atoms with Crippen molar-refractivity contribution in [2.75, 3.05) is 20.2 Å². The fourth-order valence-electron chi connectivity index (χ4n) is 1.11. The molecule has 0 fully saturated rings. The largest absolute Gasteiger partial charge is 0.484 e. The summed E-state index contributed by atoms with van der Waals surface area (Å²) in [5.74, 6) is -1.97. The standard InChI is InChI=1S/C11H11ClFNO4/c1-14(5-11(16)17)10(15)6-18-7-2-3-9(13)8(12)4-7/h2-4H,5-6H2,1H3,(H,16,17). The monoisotopic (exact) mass is 275 g/mol. The minimum Gasteiger partial charge on any atom is -0.484 e. The van der Waals surface area contributed by atoms with Crippen LogP contribution in [0, 0.1) is 5.82 Å². The minimum atomic E-state index is -1.12. The van der Waals surface area contributed by atoms with Crippen molar-refractivity contribution in [3.8, 4) is 5.75 Å². The lowest BCUT2D eigenvalue weighted by Crippen LogP contribution is -2.35. The van der Waals surface area contributed by atoms with E-state index >= 15 is 0 Å². The van der Waals surface area contributed by atoms with E-state index < -0.39 is 24.2 Å². The average molecular weight is 276 g/mol. The summed E-state index contributed by atoms with van der Waals surface area (Å²) >= 11 is 5.53. The van der Waals surface area contributed by atoms with Gasteiger partial charge in [-0.3, -0.25) is 9.59 Å². The van der Waals surface area contributed by atoms with Gasteiger partial charge in [0.1, 0.15) is 18.1 Å². The molecule has 0 saturated carbocycles. The Morgan fingerprint density at radius 2 is 2.17 bits per heavy atom. The Bertz CT molecular complexity index is 466. The summed E-state index contributed by atoms with van der Waals surface area (Å²) < 4.78 is 17.9. The molecule has 0 aliphatic heterocycles. The summed E-state index contributed by atoms with van der Waals surface area (Å²) in [6.07, 6.45) is 0. The van der Waals surface area contributed by atoms with Gasteiger partial charge in [-0.25, -0.2) is 4.39 Å². The number of halogens is 2. The van der Waals surface area contributed by atoms with Crippen molar-refractivity contribution in [1.82, 2.24) is 4.90 Å². The number of carboxylic acid groups (broad SMARTS) is 1. The highest BCUT2D eigenvalue weighted by molar-refractivity contribution is 6.30. The van der Waals surface area contributed by atoms with Crippen molar-refractivity contribution >= 4 is 23.5 Å². The van der Waals surface area contributed by atoms with Crippen molar-refractivity contribution in [3.63, 3.8) is 0 Å². The molecule has 0 saturated heterocycles. The number of benzene rings is 1. The van der Waals surface area contributed by atoms with E-state index in [1.807, 2.05) is 0 Å². The van der Waals surface area contributed by atoms with Crippen LogP contribution in [0.4, 0.5) is 4.39 Å². The summed E-state index contributed by atoms with van der Waals surface area (Å²) in [7, 11) is 1.34. The zero-order valence-corrected chi connectivity index (χ0v) is 10.3. The molecule has 5 nitrogen and oxygen atoms in total. The highest BCUT2D eigenvalue weighted by atomic mass is 35.5. The van der Waals surface area contributed by atoms with E-state index in [-0.39, 0.29) is 17.4 Å². The van der Waals surface area contributed by atoms with E-state index in [4.69, 9.17) is 21.4 Å². The van der Waals surface area contributed by atoms with Crippen molar-refractivity contribution < 1.29 is 23.8 Å². The maximum absolute atomic E-state index is 12.8.